The monoisotopic (exact) mass is 435 g/mol. The van der Waals surface area contributed by atoms with Crippen LogP contribution in [0.5, 0.6) is 5.75 Å². The van der Waals surface area contributed by atoms with Crippen molar-refractivity contribution in [2.45, 2.75) is 33.1 Å². The fourth-order valence-electron chi connectivity index (χ4n) is 3.66. The fraction of sp³-hybridized carbons (Fsp3) is 0.308. The number of rotatable bonds is 6. The minimum atomic E-state index is -0.266. The number of esters is 1. The largest absolute Gasteiger partial charge is 0.496 e. The molecule has 0 atom stereocenters. The number of hydrogen-bond donors (Lipinski definition) is 1. The Hall–Kier alpha value is -3.38. The zero-order valence-electron chi connectivity index (χ0n) is 18.8. The quantitative estimate of drug-likeness (QED) is 0.444. The van der Waals surface area contributed by atoms with Gasteiger partial charge in [0.2, 0.25) is 5.89 Å². The third kappa shape index (κ3) is 5.65. The molecule has 4 rings (SSSR count). The molecule has 6 nitrogen and oxygen atoms in total. The number of aromatic nitrogens is 1. The van der Waals surface area contributed by atoms with E-state index in [1.165, 1.54) is 5.56 Å². The molecule has 0 aliphatic heterocycles. The number of fused-ring (bicyclic) bond motifs is 1. The highest BCUT2D eigenvalue weighted by Crippen LogP contribution is 2.37. The summed E-state index contributed by atoms with van der Waals surface area (Å²) in [6.07, 6.45) is 3.93. The number of carbonyl (C=O) groups is 1. The molecule has 32 heavy (non-hydrogen) atoms. The molecule has 0 spiro atoms. The molecule has 0 saturated heterocycles. The van der Waals surface area contributed by atoms with Gasteiger partial charge >= 0.3 is 5.97 Å². The van der Waals surface area contributed by atoms with Crippen molar-refractivity contribution >= 4 is 11.5 Å². The second-order valence-electron chi connectivity index (χ2n) is 7.27. The maximum atomic E-state index is 11.4. The summed E-state index contributed by atoms with van der Waals surface area (Å²) < 4.78 is 15.8. The summed E-state index contributed by atoms with van der Waals surface area (Å²) in [6.45, 7) is 4.18. The van der Waals surface area contributed by atoms with Crippen LogP contribution in [0.2, 0.25) is 0 Å². The van der Waals surface area contributed by atoms with Crippen molar-refractivity contribution in [3.63, 3.8) is 0 Å². The first-order chi connectivity index (χ1) is 15.6. The minimum absolute atomic E-state index is 0.0988. The van der Waals surface area contributed by atoms with Crippen molar-refractivity contribution in [1.29, 1.82) is 0 Å². The van der Waals surface area contributed by atoms with Crippen LogP contribution in [0.1, 0.15) is 35.9 Å². The van der Waals surface area contributed by atoms with Crippen LogP contribution in [0.25, 0.3) is 17.0 Å². The van der Waals surface area contributed by atoms with E-state index in [-0.39, 0.29) is 12.6 Å². The molecule has 168 valence electrons. The van der Waals surface area contributed by atoms with E-state index in [0.29, 0.717) is 18.9 Å². The number of aliphatic hydroxyl groups excluding tert-OH is 1. The van der Waals surface area contributed by atoms with E-state index in [1.807, 2.05) is 62.4 Å². The van der Waals surface area contributed by atoms with Crippen LogP contribution >= 0.6 is 0 Å². The van der Waals surface area contributed by atoms with Gasteiger partial charge < -0.3 is 19.0 Å². The van der Waals surface area contributed by atoms with Crippen LogP contribution in [-0.4, -0.2) is 36.4 Å². The first-order valence-electron chi connectivity index (χ1n) is 10.7. The van der Waals surface area contributed by atoms with Gasteiger partial charge in [0.1, 0.15) is 11.5 Å². The van der Waals surface area contributed by atoms with Gasteiger partial charge in [-0.05, 0) is 56.0 Å². The molecular weight excluding hydrogens is 406 g/mol. The second kappa shape index (κ2) is 11.3. The van der Waals surface area contributed by atoms with E-state index in [0.717, 1.165) is 46.7 Å². The van der Waals surface area contributed by atoms with Crippen molar-refractivity contribution in [2.24, 2.45) is 0 Å². The fourth-order valence-corrected chi connectivity index (χ4v) is 3.66. The number of aliphatic hydroxyl groups is 1. The molecule has 0 radical (unpaired) electrons. The summed E-state index contributed by atoms with van der Waals surface area (Å²) >= 11 is 0. The normalized spacial score (nSPS) is 13.3. The van der Waals surface area contributed by atoms with Gasteiger partial charge in [-0.1, -0.05) is 30.3 Å². The molecule has 1 N–H and O–H groups in total. The molecule has 0 unspecified atom stereocenters. The molecule has 2 aromatic carbocycles. The lowest BCUT2D eigenvalue weighted by Crippen LogP contribution is -2.00. The molecule has 0 saturated carbocycles. The zero-order chi connectivity index (χ0) is 22.9. The van der Waals surface area contributed by atoms with Gasteiger partial charge in [0.25, 0.3) is 0 Å². The molecule has 0 amide bonds. The van der Waals surface area contributed by atoms with E-state index < -0.39 is 0 Å². The summed E-state index contributed by atoms with van der Waals surface area (Å²) in [5, 5.41) is 8.84. The maximum absolute atomic E-state index is 11.4. The number of aryl methyl sites for hydroxylation is 1. The highest BCUT2D eigenvalue weighted by Gasteiger charge is 2.20. The van der Waals surface area contributed by atoms with Crippen molar-refractivity contribution in [1.82, 2.24) is 4.98 Å². The second-order valence-corrected chi connectivity index (χ2v) is 7.27. The lowest BCUT2D eigenvalue weighted by Gasteiger charge is -2.06. The summed E-state index contributed by atoms with van der Waals surface area (Å²) in [5.41, 5.74) is 5.13. The van der Waals surface area contributed by atoms with Gasteiger partial charge in [-0.25, -0.2) is 9.78 Å². The number of nitrogens with zero attached hydrogens (tertiary/aromatic N) is 1. The third-order valence-corrected chi connectivity index (χ3v) is 5.18. The Morgan fingerprint density at radius 3 is 2.62 bits per heavy atom. The molecule has 1 heterocycles. The molecule has 0 fully saturated rings. The van der Waals surface area contributed by atoms with E-state index in [1.54, 1.807) is 13.2 Å². The average molecular weight is 436 g/mol. The molecule has 0 bridgehead atoms. The van der Waals surface area contributed by atoms with Crippen LogP contribution in [0.3, 0.4) is 0 Å². The molecule has 1 aliphatic carbocycles. The van der Waals surface area contributed by atoms with Crippen molar-refractivity contribution in [3.05, 3.63) is 77.2 Å². The first kappa shape index (κ1) is 23.3. The molecule has 6 heteroatoms. The maximum Gasteiger partial charge on any atom is 0.331 e. The Labute approximate surface area is 188 Å². The Morgan fingerprint density at radius 1 is 1.16 bits per heavy atom. The van der Waals surface area contributed by atoms with Gasteiger partial charge in [0.05, 0.1) is 19.4 Å². The smallest absolute Gasteiger partial charge is 0.331 e. The number of carbonyl (C=O) groups excluding carboxylic acids is 1. The number of methoxy groups -OCH3 is 1. The van der Waals surface area contributed by atoms with E-state index in [2.05, 4.69) is 4.98 Å². The topological polar surface area (TPSA) is 81.8 Å². The van der Waals surface area contributed by atoms with Gasteiger partial charge in [-0.2, -0.15) is 0 Å². The predicted molar refractivity (Wildman–Crippen MR) is 123 cm³/mol. The number of hydrogen-bond acceptors (Lipinski definition) is 6. The zero-order valence-corrected chi connectivity index (χ0v) is 18.8. The summed E-state index contributed by atoms with van der Waals surface area (Å²) in [4.78, 5) is 15.8. The summed E-state index contributed by atoms with van der Waals surface area (Å²) in [7, 11) is 1.67. The van der Waals surface area contributed by atoms with Crippen LogP contribution in [0, 0.1) is 6.92 Å². The van der Waals surface area contributed by atoms with Crippen LogP contribution < -0.4 is 4.74 Å². The number of oxazole rings is 1. The van der Waals surface area contributed by atoms with Crippen LogP contribution in [0.4, 0.5) is 0 Å². The van der Waals surface area contributed by atoms with Crippen LogP contribution in [0.15, 0.2) is 59.0 Å². The number of benzene rings is 2. The Kier molecular flexibility index (Phi) is 8.22. The van der Waals surface area contributed by atoms with Crippen molar-refractivity contribution in [2.75, 3.05) is 20.3 Å². The van der Waals surface area contributed by atoms with Crippen molar-refractivity contribution < 1.29 is 23.8 Å². The van der Waals surface area contributed by atoms with Gasteiger partial charge in [0, 0.05) is 30.2 Å². The predicted octanol–water partition coefficient (Wildman–Crippen LogP) is 4.77. The highest BCUT2D eigenvalue weighted by atomic mass is 16.5. The molecule has 3 aromatic rings. The summed E-state index contributed by atoms with van der Waals surface area (Å²) in [6, 6.07) is 15.7. The Balaban J connectivity index is 0.000000182. The minimum Gasteiger partial charge on any atom is -0.496 e. The van der Waals surface area contributed by atoms with Gasteiger partial charge in [-0.15, -0.1) is 0 Å². The average Bonchev–Trinajstić information content (AvgIpc) is 3.39. The van der Waals surface area contributed by atoms with Crippen LogP contribution in [-0.2, 0) is 22.4 Å². The van der Waals surface area contributed by atoms with Crippen molar-refractivity contribution in [3.8, 4) is 17.2 Å². The molecular formula is C26H29NO5. The highest BCUT2D eigenvalue weighted by molar-refractivity contribution is 5.93. The Bertz CT molecular complexity index is 1070. The number of ether oxygens (including phenoxy) is 2. The first-order valence-corrected chi connectivity index (χ1v) is 10.7. The molecule has 1 aromatic heterocycles. The summed E-state index contributed by atoms with van der Waals surface area (Å²) in [5.74, 6) is 2.03. The lowest BCUT2D eigenvalue weighted by atomic mass is 10.1. The third-order valence-electron chi connectivity index (χ3n) is 5.18. The molecule has 1 aliphatic rings. The van der Waals surface area contributed by atoms with Gasteiger partial charge in [-0.3, -0.25) is 0 Å². The van der Waals surface area contributed by atoms with E-state index >= 15 is 0 Å². The SMILES string of the molecule is CCOC(=O)/C=C1\CCc2c(OC)cccc21.Cc1oc(-c2ccccc2)nc1CCO. The Morgan fingerprint density at radius 2 is 1.94 bits per heavy atom. The van der Waals surface area contributed by atoms with E-state index in [4.69, 9.17) is 19.0 Å². The van der Waals surface area contributed by atoms with E-state index in [9.17, 15) is 4.79 Å². The number of allylic oxidation sites excluding steroid dienone is 1. The van der Waals surface area contributed by atoms with Gasteiger partial charge in [0.15, 0.2) is 0 Å². The standard InChI is InChI=1S/C14H16O3.C12H13NO2/c1-3-17-14(15)9-10-7-8-12-11(10)5-4-6-13(12)16-2;1-9-11(7-8-14)13-12(15-9)10-5-3-2-4-6-10/h4-6,9H,3,7-8H2,1-2H3;2-6,14H,7-8H2,1H3/b10-9+;. The lowest BCUT2D eigenvalue weighted by molar-refractivity contribution is -0.137.